The lowest BCUT2D eigenvalue weighted by molar-refractivity contribution is -0.160. The van der Waals surface area contributed by atoms with E-state index in [9.17, 15) is 22.4 Å². The van der Waals surface area contributed by atoms with E-state index < -0.39 is 32.7 Å². The summed E-state index contributed by atoms with van der Waals surface area (Å²) in [5.41, 5.74) is 4.68. The van der Waals surface area contributed by atoms with Crippen LogP contribution in [0.15, 0.2) is 63.2 Å². The number of amides is 1. The van der Waals surface area contributed by atoms with Crippen molar-refractivity contribution in [2.24, 2.45) is 5.73 Å². The molecule has 12 heteroatoms. The van der Waals surface area contributed by atoms with E-state index in [1.54, 1.807) is 0 Å². The van der Waals surface area contributed by atoms with E-state index in [1.165, 1.54) is 55.6 Å². The maximum absolute atomic E-state index is 13.4. The third-order valence-electron chi connectivity index (χ3n) is 4.10. The number of sulfone groups is 1. The molecule has 0 bridgehead atoms. The summed E-state index contributed by atoms with van der Waals surface area (Å²) < 4.78 is 42.8. The van der Waals surface area contributed by atoms with E-state index >= 15 is 0 Å². The van der Waals surface area contributed by atoms with Gasteiger partial charge in [-0.25, -0.2) is 22.7 Å². The van der Waals surface area contributed by atoms with Gasteiger partial charge in [-0.1, -0.05) is 0 Å². The molecule has 0 aliphatic heterocycles. The number of nitrogens with zero attached hydrogens (tertiary/aromatic N) is 2. The highest BCUT2D eigenvalue weighted by molar-refractivity contribution is 7.94. The molecule has 0 radical (unpaired) electrons. The van der Waals surface area contributed by atoms with Gasteiger partial charge in [0, 0.05) is 11.8 Å². The van der Waals surface area contributed by atoms with Crippen molar-refractivity contribution in [2.45, 2.75) is 9.92 Å². The molecule has 0 saturated carbocycles. The number of aromatic nitrogens is 2. The van der Waals surface area contributed by atoms with Crippen molar-refractivity contribution in [2.75, 3.05) is 13.4 Å². The standard InChI is InChI=1S/C19H16FN3O6S2/c1-28-29-30-18-15(16(21)24)19(25)23(13-7-9-14(10-8-13)31(2,26)27)17(22-18)11-3-5-12(20)6-4-11/h3-10H,1-2H3,(H2,21,24). The third-order valence-corrected chi connectivity index (χ3v) is 5.89. The SMILES string of the molecule is COOSc1nc(-c2ccc(F)cc2)n(-c2ccc(S(C)(=O)=O)cc2)c(=O)c1C(N)=O. The summed E-state index contributed by atoms with van der Waals surface area (Å²) in [6.07, 6.45) is 1.05. The van der Waals surface area contributed by atoms with Gasteiger partial charge in [0.05, 0.1) is 29.7 Å². The zero-order valence-electron chi connectivity index (χ0n) is 16.2. The van der Waals surface area contributed by atoms with E-state index in [4.69, 9.17) is 10.1 Å². The topological polar surface area (TPSA) is 131 Å². The molecular formula is C19H16FN3O6S2. The fourth-order valence-electron chi connectivity index (χ4n) is 2.71. The smallest absolute Gasteiger partial charge is 0.272 e. The zero-order valence-corrected chi connectivity index (χ0v) is 17.9. The van der Waals surface area contributed by atoms with Gasteiger partial charge >= 0.3 is 0 Å². The van der Waals surface area contributed by atoms with Crippen LogP contribution in [-0.2, 0) is 19.1 Å². The quantitative estimate of drug-likeness (QED) is 0.243. The molecule has 1 aromatic heterocycles. The summed E-state index contributed by atoms with van der Waals surface area (Å²) in [6.45, 7) is 0. The van der Waals surface area contributed by atoms with E-state index in [0.29, 0.717) is 17.6 Å². The monoisotopic (exact) mass is 465 g/mol. The number of carbonyl (C=O) groups is 1. The Bertz CT molecular complexity index is 1290. The Hall–Kier alpha value is -3.06. The lowest BCUT2D eigenvalue weighted by Gasteiger charge is -2.16. The van der Waals surface area contributed by atoms with Crippen molar-refractivity contribution < 1.29 is 26.8 Å². The Labute approximate surface area is 180 Å². The Morgan fingerprint density at radius 2 is 1.74 bits per heavy atom. The maximum atomic E-state index is 13.4. The number of hydrogen-bond acceptors (Lipinski definition) is 8. The summed E-state index contributed by atoms with van der Waals surface area (Å²) in [7, 11) is -2.25. The van der Waals surface area contributed by atoms with E-state index in [0.717, 1.165) is 10.8 Å². The fourth-order valence-corrected chi connectivity index (χ4v) is 3.87. The molecule has 0 aliphatic rings. The molecule has 0 fully saturated rings. The highest BCUT2D eigenvalue weighted by atomic mass is 32.2. The molecule has 2 aromatic carbocycles. The normalized spacial score (nSPS) is 11.5. The zero-order chi connectivity index (χ0) is 22.8. The molecule has 31 heavy (non-hydrogen) atoms. The Kier molecular flexibility index (Phi) is 6.55. The van der Waals surface area contributed by atoms with Gasteiger partial charge in [0.25, 0.3) is 11.5 Å². The number of benzene rings is 2. The number of hydrogen-bond donors (Lipinski definition) is 1. The third kappa shape index (κ3) is 4.82. The minimum Gasteiger partial charge on any atom is -0.365 e. The number of primary amides is 1. The lowest BCUT2D eigenvalue weighted by Crippen LogP contribution is -2.32. The van der Waals surface area contributed by atoms with Crippen LogP contribution in [0.25, 0.3) is 17.1 Å². The van der Waals surface area contributed by atoms with Crippen LogP contribution in [0.3, 0.4) is 0 Å². The summed E-state index contributed by atoms with van der Waals surface area (Å²) >= 11 is 0.510. The first-order chi connectivity index (χ1) is 14.6. The van der Waals surface area contributed by atoms with Crippen molar-refractivity contribution in [1.82, 2.24) is 9.55 Å². The molecule has 0 unspecified atom stereocenters. The van der Waals surface area contributed by atoms with E-state index in [2.05, 4.69) is 9.87 Å². The number of rotatable bonds is 7. The van der Waals surface area contributed by atoms with Crippen molar-refractivity contribution in [3.8, 4) is 17.1 Å². The molecule has 162 valence electrons. The van der Waals surface area contributed by atoms with Gasteiger partial charge < -0.3 is 5.73 Å². The van der Waals surface area contributed by atoms with Crippen LogP contribution >= 0.6 is 12.0 Å². The van der Waals surface area contributed by atoms with Crippen LogP contribution in [0.5, 0.6) is 0 Å². The maximum Gasteiger partial charge on any atom is 0.272 e. The van der Waals surface area contributed by atoms with Crippen molar-refractivity contribution in [3.63, 3.8) is 0 Å². The average Bonchev–Trinajstić information content (AvgIpc) is 2.71. The number of carbonyl (C=O) groups excluding carboxylic acids is 1. The van der Waals surface area contributed by atoms with Crippen LogP contribution in [-0.4, -0.2) is 37.2 Å². The second kappa shape index (κ2) is 8.98. The van der Waals surface area contributed by atoms with Gasteiger partial charge in [-0.2, -0.15) is 4.33 Å². The lowest BCUT2D eigenvalue weighted by atomic mass is 10.1. The van der Waals surface area contributed by atoms with Crippen molar-refractivity contribution >= 4 is 27.8 Å². The Morgan fingerprint density at radius 1 is 1.13 bits per heavy atom. The number of nitrogens with two attached hydrogens (primary N) is 1. The van der Waals surface area contributed by atoms with Gasteiger partial charge in [-0.3, -0.25) is 14.2 Å². The Morgan fingerprint density at radius 3 is 2.26 bits per heavy atom. The molecule has 3 aromatic rings. The van der Waals surface area contributed by atoms with Crippen molar-refractivity contribution in [1.29, 1.82) is 0 Å². The minimum atomic E-state index is -3.47. The second-order valence-corrected chi connectivity index (χ2v) is 8.92. The minimum absolute atomic E-state index is 0.0383. The van der Waals surface area contributed by atoms with Gasteiger partial charge in [0.1, 0.15) is 22.2 Å². The Balaban J connectivity index is 2.34. The largest absolute Gasteiger partial charge is 0.365 e. The molecule has 0 spiro atoms. The van der Waals surface area contributed by atoms with Crippen LogP contribution < -0.4 is 11.3 Å². The molecule has 0 atom stereocenters. The summed E-state index contributed by atoms with van der Waals surface area (Å²) in [5.74, 6) is -1.50. The molecule has 1 heterocycles. The van der Waals surface area contributed by atoms with Crippen LogP contribution in [0, 0.1) is 5.82 Å². The molecule has 0 aliphatic carbocycles. The van der Waals surface area contributed by atoms with Gasteiger partial charge in [-0.05, 0) is 48.5 Å². The van der Waals surface area contributed by atoms with Crippen LogP contribution in [0.2, 0.25) is 0 Å². The van der Waals surface area contributed by atoms with Crippen LogP contribution in [0.4, 0.5) is 4.39 Å². The fraction of sp³-hybridized carbons (Fsp3) is 0.105. The van der Waals surface area contributed by atoms with Crippen molar-refractivity contribution in [3.05, 3.63) is 70.3 Å². The molecule has 1 amide bonds. The molecule has 3 rings (SSSR count). The van der Waals surface area contributed by atoms with Gasteiger partial charge in [0.2, 0.25) is 0 Å². The van der Waals surface area contributed by atoms with E-state index in [1.807, 2.05) is 0 Å². The molecular weight excluding hydrogens is 449 g/mol. The molecule has 0 saturated heterocycles. The summed E-state index contributed by atoms with van der Waals surface area (Å²) in [6, 6.07) is 10.5. The highest BCUT2D eigenvalue weighted by Gasteiger charge is 2.24. The van der Waals surface area contributed by atoms with E-state index in [-0.39, 0.29) is 21.4 Å². The first-order valence-electron chi connectivity index (χ1n) is 8.54. The first-order valence-corrected chi connectivity index (χ1v) is 11.2. The van der Waals surface area contributed by atoms with Crippen LogP contribution in [0.1, 0.15) is 10.4 Å². The van der Waals surface area contributed by atoms with Gasteiger partial charge in [-0.15, -0.1) is 0 Å². The summed E-state index contributed by atoms with van der Waals surface area (Å²) in [5, 5.41) is -0.150. The molecule has 9 nitrogen and oxygen atoms in total. The van der Waals surface area contributed by atoms with Gasteiger partial charge in [0.15, 0.2) is 9.84 Å². The summed E-state index contributed by atoms with van der Waals surface area (Å²) in [4.78, 5) is 34.1. The number of halogens is 1. The molecule has 2 N–H and O–H groups in total. The predicted molar refractivity (Wildman–Crippen MR) is 111 cm³/mol. The second-order valence-electron chi connectivity index (χ2n) is 6.21. The first kappa shape index (κ1) is 22.6. The highest BCUT2D eigenvalue weighted by Crippen LogP contribution is 2.27. The average molecular weight is 465 g/mol. The predicted octanol–water partition coefficient (Wildman–Crippen LogP) is 2.13.